The van der Waals surface area contributed by atoms with E-state index in [1.165, 1.54) is 30.5 Å². The average Bonchev–Trinajstić information content (AvgIpc) is 2.54. The summed E-state index contributed by atoms with van der Waals surface area (Å²) >= 11 is 3.40. The number of ether oxygens (including phenoxy) is 1. The van der Waals surface area contributed by atoms with Crippen LogP contribution in [0.4, 0.5) is 4.39 Å². The van der Waals surface area contributed by atoms with E-state index in [1.807, 2.05) is 6.07 Å². The molecule has 0 spiro atoms. The standard InChI is InChI=1S/C17H14BrFN2O2/c1-2-9-23-16-8-3-12(10-15(16)18)11-20-21-17(22)13-4-6-14(19)7-5-13/h2-8,10-11H,1,9H2,(H,21,22)/b20-11-. The van der Waals surface area contributed by atoms with E-state index < -0.39 is 11.7 Å². The highest BCUT2D eigenvalue weighted by Crippen LogP contribution is 2.25. The molecule has 0 aromatic heterocycles. The van der Waals surface area contributed by atoms with Crippen molar-refractivity contribution < 1.29 is 13.9 Å². The van der Waals surface area contributed by atoms with Crippen LogP contribution in [-0.2, 0) is 0 Å². The van der Waals surface area contributed by atoms with Crippen molar-refractivity contribution in [2.75, 3.05) is 6.61 Å². The summed E-state index contributed by atoms with van der Waals surface area (Å²) in [5.41, 5.74) is 3.49. The van der Waals surface area contributed by atoms with Gasteiger partial charge in [-0.15, -0.1) is 0 Å². The molecule has 2 rings (SSSR count). The smallest absolute Gasteiger partial charge is 0.271 e. The predicted molar refractivity (Wildman–Crippen MR) is 91.3 cm³/mol. The summed E-state index contributed by atoms with van der Waals surface area (Å²) in [7, 11) is 0. The van der Waals surface area contributed by atoms with Crippen LogP contribution in [0.2, 0.25) is 0 Å². The SMILES string of the molecule is C=CCOc1ccc(/C=N\NC(=O)c2ccc(F)cc2)cc1Br. The van der Waals surface area contributed by atoms with Gasteiger partial charge in [0.15, 0.2) is 0 Å². The maximum atomic E-state index is 12.8. The second-order valence-electron chi connectivity index (χ2n) is 4.50. The van der Waals surface area contributed by atoms with E-state index in [4.69, 9.17) is 4.74 Å². The molecule has 2 aromatic carbocycles. The topological polar surface area (TPSA) is 50.7 Å². The lowest BCUT2D eigenvalue weighted by molar-refractivity contribution is 0.0955. The quantitative estimate of drug-likeness (QED) is 0.471. The lowest BCUT2D eigenvalue weighted by Crippen LogP contribution is -2.17. The summed E-state index contributed by atoms with van der Waals surface area (Å²) in [5, 5.41) is 3.88. The molecule has 0 bridgehead atoms. The molecule has 0 saturated heterocycles. The van der Waals surface area contributed by atoms with Gasteiger partial charge in [0.05, 0.1) is 10.7 Å². The van der Waals surface area contributed by atoms with E-state index >= 15 is 0 Å². The summed E-state index contributed by atoms with van der Waals surface area (Å²) in [6.07, 6.45) is 3.16. The van der Waals surface area contributed by atoms with Crippen LogP contribution in [0.3, 0.4) is 0 Å². The molecule has 1 N–H and O–H groups in total. The van der Waals surface area contributed by atoms with Gasteiger partial charge in [-0.2, -0.15) is 5.10 Å². The van der Waals surface area contributed by atoms with Crippen molar-refractivity contribution in [3.8, 4) is 5.75 Å². The van der Waals surface area contributed by atoms with Crippen molar-refractivity contribution in [3.05, 3.63) is 76.5 Å². The number of hydrogen-bond acceptors (Lipinski definition) is 3. The Bertz CT molecular complexity index is 730. The zero-order valence-electron chi connectivity index (χ0n) is 12.1. The molecule has 118 valence electrons. The number of halogens is 2. The van der Waals surface area contributed by atoms with Crippen molar-refractivity contribution in [2.24, 2.45) is 5.10 Å². The third-order valence-electron chi connectivity index (χ3n) is 2.80. The van der Waals surface area contributed by atoms with Gasteiger partial charge in [0.2, 0.25) is 0 Å². The summed E-state index contributed by atoms with van der Waals surface area (Å²) in [4.78, 5) is 11.8. The van der Waals surface area contributed by atoms with Crippen molar-refractivity contribution in [3.63, 3.8) is 0 Å². The fourth-order valence-corrected chi connectivity index (χ4v) is 2.21. The Hall–Kier alpha value is -2.47. The highest BCUT2D eigenvalue weighted by molar-refractivity contribution is 9.10. The molecule has 4 nitrogen and oxygen atoms in total. The molecule has 0 unspecified atom stereocenters. The van der Waals surface area contributed by atoms with Crippen LogP contribution in [0.25, 0.3) is 0 Å². The minimum absolute atomic E-state index is 0.331. The number of benzene rings is 2. The number of nitrogens with one attached hydrogen (secondary N) is 1. The Labute approximate surface area is 141 Å². The van der Waals surface area contributed by atoms with Crippen molar-refractivity contribution in [2.45, 2.75) is 0 Å². The third kappa shape index (κ3) is 5.03. The first-order valence-electron chi connectivity index (χ1n) is 6.72. The molecule has 0 atom stereocenters. The Morgan fingerprint density at radius 2 is 2.04 bits per heavy atom. The van der Waals surface area contributed by atoms with Gasteiger partial charge in [0.25, 0.3) is 5.91 Å². The van der Waals surface area contributed by atoms with E-state index in [9.17, 15) is 9.18 Å². The minimum atomic E-state index is -0.411. The van der Waals surface area contributed by atoms with Gasteiger partial charge < -0.3 is 4.74 Å². The molecule has 0 aliphatic rings. The van der Waals surface area contributed by atoms with Crippen molar-refractivity contribution >= 4 is 28.1 Å². The van der Waals surface area contributed by atoms with Crippen LogP contribution in [-0.4, -0.2) is 18.7 Å². The zero-order valence-corrected chi connectivity index (χ0v) is 13.7. The molecule has 6 heteroatoms. The number of amides is 1. The summed E-state index contributed by atoms with van der Waals surface area (Å²) in [6.45, 7) is 4.00. The number of nitrogens with zero attached hydrogens (tertiary/aromatic N) is 1. The first-order chi connectivity index (χ1) is 11.1. The fraction of sp³-hybridized carbons (Fsp3) is 0.0588. The molecule has 0 aliphatic heterocycles. The molecular formula is C17H14BrFN2O2. The van der Waals surface area contributed by atoms with E-state index in [1.54, 1.807) is 18.2 Å². The molecule has 0 fully saturated rings. The second kappa shape index (κ2) is 8.24. The Balaban J connectivity index is 1.97. The van der Waals surface area contributed by atoms with E-state index in [0.717, 1.165) is 10.0 Å². The third-order valence-corrected chi connectivity index (χ3v) is 3.42. The van der Waals surface area contributed by atoms with Gasteiger partial charge in [0.1, 0.15) is 18.2 Å². The van der Waals surface area contributed by atoms with Crippen LogP contribution in [0, 0.1) is 5.82 Å². The summed E-state index contributed by atoms with van der Waals surface area (Å²) in [5.74, 6) is -0.114. The fourth-order valence-electron chi connectivity index (χ4n) is 1.69. The van der Waals surface area contributed by atoms with E-state index in [0.29, 0.717) is 17.9 Å². The average molecular weight is 377 g/mol. The van der Waals surface area contributed by atoms with Crippen LogP contribution < -0.4 is 10.2 Å². The van der Waals surface area contributed by atoms with Crippen LogP contribution in [0.15, 0.2) is 64.7 Å². The molecule has 0 radical (unpaired) electrons. The van der Waals surface area contributed by atoms with Gasteiger partial charge in [-0.3, -0.25) is 4.79 Å². The summed E-state index contributed by atoms with van der Waals surface area (Å²) < 4.78 is 19.0. The van der Waals surface area contributed by atoms with Crippen LogP contribution in [0.1, 0.15) is 15.9 Å². The van der Waals surface area contributed by atoms with Gasteiger partial charge in [0, 0.05) is 5.56 Å². The van der Waals surface area contributed by atoms with E-state index in [-0.39, 0.29) is 0 Å². The Morgan fingerprint density at radius 1 is 1.30 bits per heavy atom. The highest BCUT2D eigenvalue weighted by Gasteiger charge is 2.04. The molecule has 0 saturated carbocycles. The van der Waals surface area contributed by atoms with Crippen molar-refractivity contribution in [1.82, 2.24) is 5.43 Å². The van der Waals surface area contributed by atoms with Crippen molar-refractivity contribution in [1.29, 1.82) is 0 Å². The Kier molecular flexibility index (Phi) is 6.05. The largest absolute Gasteiger partial charge is 0.488 e. The number of rotatable bonds is 6. The summed E-state index contributed by atoms with van der Waals surface area (Å²) in [6, 6.07) is 10.6. The van der Waals surface area contributed by atoms with Gasteiger partial charge in [-0.25, -0.2) is 9.82 Å². The van der Waals surface area contributed by atoms with Crippen LogP contribution in [0.5, 0.6) is 5.75 Å². The maximum absolute atomic E-state index is 12.8. The Morgan fingerprint density at radius 3 is 2.70 bits per heavy atom. The molecule has 23 heavy (non-hydrogen) atoms. The zero-order chi connectivity index (χ0) is 16.7. The first-order valence-corrected chi connectivity index (χ1v) is 7.51. The minimum Gasteiger partial charge on any atom is -0.488 e. The number of carbonyl (C=O) groups excluding carboxylic acids is 1. The lowest BCUT2D eigenvalue weighted by atomic mass is 10.2. The number of hydrazone groups is 1. The molecular weight excluding hydrogens is 363 g/mol. The van der Waals surface area contributed by atoms with Crippen LogP contribution >= 0.6 is 15.9 Å². The monoisotopic (exact) mass is 376 g/mol. The number of carbonyl (C=O) groups is 1. The molecule has 2 aromatic rings. The molecule has 1 amide bonds. The van der Waals surface area contributed by atoms with Gasteiger partial charge in [-0.1, -0.05) is 12.7 Å². The highest BCUT2D eigenvalue weighted by atomic mass is 79.9. The van der Waals surface area contributed by atoms with Gasteiger partial charge in [-0.05, 0) is 64.0 Å². The van der Waals surface area contributed by atoms with Gasteiger partial charge >= 0.3 is 0 Å². The number of hydrogen-bond donors (Lipinski definition) is 1. The first kappa shape index (κ1) is 16.9. The van der Waals surface area contributed by atoms with E-state index in [2.05, 4.69) is 33.0 Å². The molecule has 0 heterocycles. The normalized spacial score (nSPS) is 10.5. The maximum Gasteiger partial charge on any atom is 0.271 e. The lowest BCUT2D eigenvalue weighted by Gasteiger charge is -2.06. The molecule has 0 aliphatic carbocycles. The predicted octanol–water partition coefficient (Wildman–Crippen LogP) is 3.92. The second-order valence-corrected chi connectivity index (χ2v) is 5.35.